The van der Waals surface area contributed by atoms with Crippen LogP contribution in [-0.2, 0) is 10.2 Å². The molecule has 1 atom stereocenters. The van der Waals surface area contributed by atoms with Crippen molar-refractivity contribution in [2.45, 2.75) is 57.0 Å². The summed E-state index contributed by atoms with van der Waals surface area (Å²) in [6, 6.07) is 13.7. The van der Waals surface area contributed by atoms with Crippen LogP contribution in [0.1, 0.15) is 51.5 Å². The normalized spacial score (nSPS) is 23.0. The zero-order chi connectivity index (χ0) is 26.2. The fraction of sp³-hybridized carbons (Fsp3) is 0.500. The van der Waals surface area contributed by atoms with Crippen molar-refractivity contribution in [3.63, 3.8) is 0 Å². The fourth-order valence-electron chi connectivity index (χ4n) is 6.20. The number of hydrogen-bond acceptors (Lipinski definition) is 5. The highest BCUT2D eigenvalue weighted by atomic mass is 79.9. The Morgan fingerprint density at radius 2 is 1.84 bits per heavy atom. The number of allylic oxidation sites excluding steroid dienone is 1. The number of morpholine rings is 1. The highest BCUT2D eigenvalue weighted by Crippen LogP contribution is 2.67. The van der Waals surface area contributed by atoms with Crippen LogP contribution >= 0.6 is 23.1 Å². The molecule has 198 valence electrons. The molecule has 2 aromatic rings. The quantitative estimate of drug-likeness (QED) is 0.201. The molecule has 1 saturated carbocycles. The van der Waals surface area contributed by atoms with Crippen LogP contribution in [0.3, 0.4) is 0 Å². The molecule has 37 heavy (non-hydrogen) atoms. The standard InChI is InChI=1S/C28H36BrN4O3P/c1-28(2)23-11-7-8-12-26(23)31(3)27(28)20-37(22-9-5-4-6-10-22,32-15-17-36-18-16-32)30-25-14-13-21(33(34)35)19-24(25)29/h7-8,11-14,19-20,22H,4-6,9-10,15-18H2,1-3H3/b27-20-/t37-/m1/s1. The number of nitro groups is 1. The van der Waals surface area contributed by atoms with E-state index in [0.717, 1.165) is 31.6 Å². The van der Waals surface area contributed by atoms with Crippen molar-refractivity contribution < 1.29 is 9.66 Å². The molecule has 1 saturated heterocycles. The lowest BCUT2D eigenvalue weighted by molar-refractivity contribution is -0.384. The van der Waals surface area contributed by atoms with Crippen LogP contribution < -0.4 is 4.90 Å². The highest BCUT2D eigenvalue weighted by Gasteiger charge is 2.43. The van der Waals surface area contributed by atoms with Crippen molar-refractivity contribution in [3.8, 4) is 0 Å². The molecule has 0 radical (unpaired) electrons. The van der Waals surface area contributed by atoms with Crippen LogP contribution in [0.2, 0.25) is 0 Å². The third kappa shape index (κ3) is 4.94. The van der Waals surface area contributed by atoms with Gasteiger partial charge < -0.3 is 9.64 Å². The van der Waals surface area contributed by atoms with E-state index in [-0.39, 0.29) is 16.0 Å². The SMILES string of the molecule is CN1/C(=C\[P@](=Nc2ccc([N+](=O)[O-])cc2Br)(C2CCCCC2)N2CCOCC2)C(C)(C)c2ccccc21. The lowest BCUT2D eigenvalue weighted by atomic mass is 9.84. The van der Waals surface area contributed by atoms with Crippen LogP contribution in [0, 0.1) is 10.1 Å². The van der Waals surface area contributed by atoms with Crippen molar-refractivity contribution in [1.29, 1.82) is 0 Å². The maximum atomic E-state index is 11.4. The van der Waals surface area contributed by atoms with Crippen molar-refractivity contribution in [3.05, 3.63) is 74.1 Å². The molecular weight excluding hydrogens is 551 g/mol. The first-order valence-corrected chi connectivity index (χ1v) is 15.8. The summed E-state index contributed by atoms with van der Waals surface area (Å²) < 4.78 is 14.8. The van der Waals surface area contributed by atoms with Gasteiger partial charge >= 0.3 is 0 Å². The molecule has 9 heteroatoms. The predicted octanol–water partition coefficient (Wildman–Crippen LogP) is 8.04. The van der Waals surface area contributed by atoms with Crippen LogP contribution in [0.15, 0.2) is 63.2 Å². The number of para-hydroxylation sites is 1. The zero-order valence-electron chi connectivity index (χ0n) is 21.9. The number of halogens is 1. The fourth-order valence-corrected chi connectivity index (χ4v) is 11.3. The molecule has 0 spiro atoms. The molecule has 2 heterocycles. The van der Waals surface area contributed by atoms with Crippen molar-refractivity contribution in [2.75, 3.05) is 38.3 Å². The summed E-state index contributed by atoms with van der Waals surface area (Å²) in [5, 5.41) is 11.4. The van der Waals surface area contributed by atoms with Crippen molar-refractivity contribution in [2.24, 2.45) is 4.74 Å². The van der Waals surface area contributed by atoms with E-state index in [9.17, 15) is 10.1 Å². The molecular formula is C28H36BrN4O3P. The van der Waals surface area contributed by atoms with Gasteiger partial charge in [-0.1, -0.05) is 51.3 Å². The molecule has 2 aromatic carbocycles. The molecule has 2 fully saturated rings. The summed E-state index contributed by atoms with van der Waals surface area (Å²) in [4.78, 5) is 13.4. The molecule has 5 rings (SSSR count). The van der Waals surface area contributed by atoms with Gasteiger partial charge in [-0.15, -0.1) is 0 Å². The van der Waals surface area contributed by atoms with Gasteiger partial charge in [0.15, 0.2) is 0 Å². The maximum absolute atomic E-state index is 11.4. The molecule has 2 aliphatic heterocycles. The van der Waals surface area contributed by atoms with Crippen LogP contribution in [0.5, 0.6) is 0 Å². The number of anilines is 1. The minimum absolute atomic E-state index is 0.0734. The van der Waals surface area contributed by atoms with E-state index in [4.69, 9.17) is 9.48 Å². The molecule has 0 aromatic heterocycles. The Morgan fingerprint density at radius 3 is 2.49 bits per heavy atom. The first kappa shape index (κ1) is 26.6. The molecule has 3 aliphatic rings. The molecule has 1 aliphatic carbocycles. The second-order valence-electron chi connectivity index (χ2n) is 10.8. The van der Waals surface area contributed by atoms with Crippen molar-refractivity contribution in [1.82, 2.24) is 4.67 Å². The maximum Gasteiger partial charge on any atom is 0.270 e. The molecule has 0 unspecified atom stereocenters. The van der Waals surface area contributed by atoms with Gasteiger partial charge in [-0.25, -0.2) is 4.74 Å². The molecule has 0 amide bonds. The monoisotopic (exact) mass is 586 g/mol. The molecule has 0 N–H and O–H groups in total. The highest BCUT2D eigenvalue weighted by molar-refractivity contribution is 9.10. The summed E-state index contributed by atoms with van der Waals surface area (Å²) in [5.41, 5.74) is 5.04. The first-order chi connectivity index (χ1) is 17.7. The number of non-ortho nitro benzene ring substituents is 1. The Bertz CT molecular complexity index is 1240. The second-order valence-corrected chi connectivity index (χ2v) is 14.8. The van der Waals surface area contributed by atoms with Crippen LogP contribution in [0.4, 0.5) is 17.1 Å². The van der Waals surface area contributed by atoms with E-state index in [1.165, 1.54) is 36.2 Å². The lowest BCUT2D eigenvalue weighted by Crippen LogP contribution is -2.37. The summed E-state index contributed by atoms with van der Waals surface area (Å²) in [5.74, 6) is 2.54. The summed E-state index contributed by atoms with van der Waals surface area (Å²) in [6.07, 6.45) is 6.02. The van der Waals surface area contributed by atoms with Crippen molar-refractivity contribution >= 4 is 40.2 Å². The van der Waals surface area contributed by atoms with Gasteiger partial charge in [0, 0.05) is 59.2 Å². The smallest absolute Gasteiger partial charge is 0.270 e. The van der Waals surface area contributed by atoms with E-state index in [2.05, 4.69) is 76.5 Å². The van der Waals surface area contributed by atoms with E-state index < -0.39 is 7.21 Å². The van der Waals surface area contributed by atoms with E-state index in [1.807, 2.05) is 6.07 Å². The van der Waals surface area contributed by atoms with E-state index in [0.29, 0.717) is 23.3 Å². The molecule has 0 bridgehead atoms. The second kappa shape index (κ2) is 10.6. The number of nitrogens with zero attached hydrogens (tertiary/aromatic N) is 4. The minimum atomic E-state index is -2.25. The number of benzene rings is 2. The van der Waals surface area contributed by atoms with E-state index in [1.54, 1.807) is 12.1 Å². The number of hydrogen-bond donors (Lipinski definition) is 0. The summed E-state index contributed by atoms with van der Waals surface area (Å²) >= 11 is 3.63. The minimum Gasteiger partial charge on any atom is -0.379 e. The Morgan fingerprint density at radius 1 is 1.14 bits per heavy atom. The Balaban J connectivity index is 1.76. The third-order valence-electron chi connectivity index (χ3n) is 8.22. The number of rotatable bonds is 5. The largest absolute Gasteiger partial charge is 0.379 e. The van der Waals surface area contributed by atoms with Crippen LogP contribution in [-0.4, -0.2) is 48.6 Å². The number of fused-ring (bicyclic) bond motifs is 1. The van der Waals surface area contributed by atoms with Gasteiger partial charge in [0.25, 0.3) is 5.69 Å². The van der Waals surface area contributed by atoms with Gasteiger partial charge in [-0.05, 0) is 52.3 Å². The van der Waals surface area contributed by atoms with Gasteiger partial charge in [-0.2, -0.15) is 0 Å². The van der Waals surface area contributed by atoms with E-state index >= 15 is 0 Å². The third-order valence-corrected chi connectivity index (χ3v) is 12.9. The van der Waals surface area contributed by atoms with Gasteiger partial charge in [0.2, 0.25) is 0 Å². The lowest BCUT2D eigenvalue weighted by Gasteiger charge is -2.44. The van der Waals surface area contributed by atoms with Gasteiger partial charge in [0.05, 0.1) is 31.0 Å². The summed E-state index contributed by atoms with van der Waals surface area (Å²) in [6.45, 7) is 7.73. The van der Waals surface area contributed by atoms with Gasteiger partial charge in [-0.3, -0.25) is 14.8 Å². The first-order valence-electron chi connectivity index (χ1n) is 13.2. The Hall–Kier alpha value is -1.99. The van der Waals surface area contributed by atoms with Gasteiger partial charge in [0.1, 0.15) is 0 Å². The average molecular weight is 587 g/mol. The average Bonchev–Trinajstić information content (AvgIpc) is 3.10. The number of likely N-dealkylation sites (N-methyl/N-ethyl adjacent to an activating group) is 1. The summed E-state index contributed by atoms with van der Waals surface area (Å²) in [7, 11) is -0.0782. The molecule has 7 nitrogen and oxygen atoms in total. The predicted molar refractivity (Wildman–Crippen MR) is 155 cm³/mol. The Labute approximate surface area is 228 Å². The number of nitro benzene ring substituents is 1. The Kier molecular flexibility index (Phi) is 7.65. The topological polar surface area (TPSA) is 71.2 Å². The zero-order valence-corrected chi connectivity index (χ0v) is 24.4. The van der Waals surface area contributed by atoms with Crippen LogP contribution in [0.25, 0.3) is 0 Å². The number of ether oxygens (including phenoxy) is 1.